The van der Waals surface area contributed by atoms with E-state index in [2.05, 4.69) is 4.98 Å². The van der Waals surface area contributed by atoms with Crippen molar-refractivity contribution < 1.29 is 14.6 Å². The van der Waals surface area contributed by atoms with Gasteiger partial charge in [0.15, 0.2) is 0 Å². The van der Waals surface area contributed by atoms with Gasteiger partial charge in [0.2, 0.25) is 5.88 Å². The van der Waals surface area contributed by atoms with Gasteiger partial charge in [-0.1, -0.05) is 0 Å². The van der Waals surface area contributed by atoms with Gasteiger partial charge in [0, 0.05) is 18.9 Å². The molecule has 1 aromatic rings. The van der Waals surface area contributed by atoms with E-state index in [9.17, 15) is 0 Å². The van der Waals surface area contributed by atoms with E-state index < -0.39 is 0 Å². The molecule has 0 aliphatic rings. The van der Waals surface area contributed by atoms with Gasteiger partial charge in [-0.2, -0.15) is 0 Å². The second-order valence-electron chi connectivity index (χ2n) is 2.60. The number of hydrogen-bond donors (Lipinski definition) is 1. The summed E-state index contributed by atoms with van der Waals surface area (Å²) in [7, 11) is 3.14. The fourth-order valence-corrected chi connectivity index (χ4v) is 1.09. The van der Waals surface area contributed by atoms with Crippen LogP contribution >= 0.6 is 0 Å². The Balaban J connectivity index is 2.91. The normalized spacial score (nSPS) is 10.1. The number of aliphatic hydroxyl groups excluding tert-OH is 1. The molecular weight excluding hydrogens is 170 g/mol. The summed E-state index contributed by atoms with van der Waals surface area (Å²) >= 11 is 0. The van der Waals surface area contributed by atoms with E-state index in [4.69, 9.17) is 14.6 Å². The lowest BCUT2D eigenvalue weighted by atomic mass is 10.2. The fourth-order valence-electron chi connectivity index (χ4n) is 1.09. The van der Waals surface area contributed by atoms with Crippen LogP contribution in [0.3, 0.4) is 0 Å². The molecule has 0 spiro atoms. The van der Waals surface area contributed by atoms with Crippen molar-refractivity contribution in [3.05, 3.63) is 23.4 Å². The Hall–Kier alpha value is -1.13. The molecule has 0 aliphatic heterocycles. The zero-order valence-corrected chi connectivity index (χ0v) is 7.78. The topological polar surface area (TPSA) is 51.6 Å². The molecule has 0 bridgehead atoms. The van der Waals surface area contributed by atoms with Gasteiger partial charge in [-0.3, -0.25) is 0 Å². The molecule has 4 nitrogen and oxygen atoms in total. The van der Waals surface area contributed by atoms with Crippen LogP contribution in [-0.4, -0.2) is 24.3 Å². The number of methoxy groups -OCH3 is 2. The molecule has 0 aromatic carbocycles. The van der Waals surface area contributed by atoms with Gasteiger partial charge >= 0.3 is 0 Å². The zero-order chi connectivity index (χ0) is 9.68. The zero-order valence-electron chi connectivity index (χ0n) is 7.78. The average molecular weight is 183 g/mol. The molecule has 1 N–H and O–H groups in total. The molecule has 0 saturated heterocycles. The highest BCUT2D eigenvalue weighted by molar-refractivity contribution is 5.28. The van der Waals surface area contributed by atoms with Crippen LogP contribution in [-0.2, 0) is 18.0 Å². The minimum atomic E-state index is -0.0757. The van der Waals surface area contributed by atoms with Crippen LogP contribution in [0.5, 0.6) is 5.88 Å². The highest BCUT2D eigenvalue weighted by atomic mass is 16.5. The summed E-state index contributed by atoms with van der Waals surface area (Å²) in [6, 6.07) is 1.81. The van der Waals surface area contributed by atoms with E-state index >= 15 is 0 Å². The number of aromatic nitrogens is 1. The molecule has 0 unspecified atom stereocenters. The van der Waals surface area contributed by atoms with Gasteiger partial charge in [-0.15, -0.1) is 0 Å². The third-order valence-corrected chi connectivity index (χ3v) is 1.66. The molecule has 0 amide bonds. The first-order chi connectivity index (χ1) is 6.31. The SMILES string of the molecule is COCc1cnc(OC)c(CO)c1. The Kier molecular flexibility index (Phi) is 3.67. The Morgan fingerprint density at radius 1 is 1.46 bits per heavy atom. The molecule has 0 radical (unpaired) electrons. The molecule has 0 atom stereocenters. The molecule has 0 saturated carbocycles. The van der Waals surface area contributed by atoms with Crippen molar-refractivity contribution in [1.82, 2.24) is 4.98 Å². The number of hydrogen-bond acceptors (Lipinski definition) is 4. The molecule has 1 rings (SSSR count). The van der Waals surface area contributed by atoms with Gasteiger partial charge in [0.1, 0.15) is 0 Å². The van der Waals surface area contributed by atoms with E-state index in [0.717, 1.165) is 5.56 Å². The van der Waals surface area contributed by atoms with Crippen molar-refractivity contribution in [3.8, 4) is 5.88 Å². The van der Waals surface area contributed by atoms with Gasteiger partial charge < -0.3 is 14.6 Å². The molecule has 0 fully saturated rings. The van der Waals surface area contributed by atoms with Gasteiger partial charge in [0.25, 0.3) is 0 Å². The lowest BCUT2D eigenvalue weighted by Gasteiger charge is -2.06. The first-order valence-corrected chi connectivity index (χ1v) is 3.93. The Morgan fingerprint density at radius 3 is 2.77 bits per heavy atom. The first kappa shape index (κ1) is 9.95. The van der Waals surface area contributed by atoms with Crippen molar-refractivity contribution in [2.75, 3.05) is 14.2 Å². The number of aliphatic hydroxyl groups is 1. The molecule has 1 aromatic heterocycles. The third-order valence-electron chi connectivity index (χ3n) is 1.66. The Bertz CT molecular complexity index is 276. The van der Waals surface area contributed by atoms with Crippen molar-refractivity contribution in [2.24, 2.45) is 0 Å². The number of rotatable bonds is 4. The largest absolute Gasteiger partial charge is 0.481 e. The summed E-state index contributed by atoms with van der Waals surface area (Å²) in [5.74, 6) is 0.461. The predicted octanol–water partition coefficient (Wildman–Crippen LogP) is 0.729. The van der Waals surface area contributed by atoms with Crippen LogP contribution in [0, 0.1) is 0 Å². The van der Waals surface area contributed by atoms with E-state index in [0.29, 0.717) is 18.1 Å². The van der Waals surface area contributed by atoms with E-state index in [1.54, 1.807) is 13.3 Å². The third kappa shape index (κ3) is 2.40. The van der Waals surface area contributed by atoms with Gasteiger partial charge in [-0.25, -0.2) is 4.98 Å². The molecule has 72 valence electrons. The minimum absolute atomic E-state index is 0.0757. The summed E-state index contributed by atoms with van der Waals surface area (Å²) in [5.41, 5.74) is 1.60. The quantitative estimate of drug-likeness (QED) is 0.747. The maximum Gasteiger partial charge on any atom is 0.218 e. The fraction of sp³-hybridized carbons (Fsp3) is 0.444. The van der Waals surface area contributed by atoms with Crippen molar-refractivity contribution >= 4 is 0 Å². The Morgan fingerprint density at radius 2 is 2.23 bits per heavy atom. The van der Waals surface area contributed by atoms with Gasteiger partial charge in [0.05, 0.1) is 20.3 Å². The van der Waals surface area contributed by atoms with Crippen LogP contribution in [0.4, 0.5) is 0 Å². The summed E-state index contributed by atoms with van der Waals surface area (Å²) < 4.78 is 9.90. The van der Waals surface area contributed by atoms with Crippen LogP contribution in [0.2, 0.25) is 0 Å². The predicted molar refractivity (Wildman–Crippen MR) is 47.4 cm³/mol. The second-order valence-corrected chi connectivity index (χ2v) is 2.60. The van der Waals surface area contributed by atoms with Crippen LogP contribution in [0.25, 0.3) is 0 Å². The summed E-state index contributed by atoms with van der Waals surface area (Å²) in [4.78, 5) is 4.02. The van der Waals surface area contributed by atoms with Crippen LogP contribution < -0.4 is 4.74 Å². The molecule has 4 heteroatoms. The maximum absolute atomic E-state index is 8.98. The van der Waals surface area contributed by atoms with Crippen molar-refractivity contribution in [2.45, 2.75) is 13.2 Å². The van der Waals surface area contributed by atoms with Crippen molar-refractivity contribution in [1.29, 1.82) is 0 Å². The summed E-state index contributed by atoms with van der Waals surface area (Å²) in [6.45, 7) is 0.414. The lowest BCUT2D eigenvalue weighted by Crippen LogP contribution is -1.98. The number of nitrogens with zero attached hydrogens (tertiary/aromatic N) is 1. The second kappa shape index (κ2) is 4.79. The van der Waals surface area contributed by atoms with E-state index in [1.165, 1.54) is 7.11 Å². The molecule has 13 heavy (non-hydrogen) atoms. The number of ether oxygens (including phenoxy) is 2. The van der Waals surface area contributed by atoms with Crippen LogP contribution in [0.15, 0.2) is 12.3 Å². The standard InChI is InChI=1S/C9H13NO3/c1-12-6-7-3-8(5-11)9(13-2)10-4-7/h3-4,11H,5-6H2,1-2H3. The lowest BCUT2D eigenvalue weighted by molar-refractivity contribution is 0.184. The van der Waals surface area contributed by atoms with Crippen molar-refractivity contribution in [3.63, 3.8) is 0 Å². The highest BCUT2D eigenvalue weighted by Gasteiger charge is 2.04. The first-order valence-electron chi connectivity index (χ1n) is 3.93. The van der Waals surface area contributed by atoms with Gasteiger partial charge in [-0.05, 0) is 11.6 Å². The van der Waals surface area contributed by atoms with E-state index in [1.807, 2.05) is 6.07 Å². The summed E-state index contributed by atoms with van der Waals surface area (Å²) in [5, 5.41) is 8.98. The average Bonchev–Trinajstić information content (AvgIpc) is 2.18. The molecule has 1 heterocycles. The molecule has 0 aliphatic carbocycles. The minimum Gasteiger partial charge on any atom is -0.481 e. The monoisotopic (exact) mass is 183 g/mol. The van der Waals surface area contributed by atoms with Crippen LogP contribution in [0.1, 0.15) is 11.1 Å². The van der Waals surface area contributed by atoms with E-state index in [-0.39, 0.29) is 6.61 Å². The number of pyridine rings is 1. The Labute approximate surface area is 77.1 Å². The summed E-state index contributed by atoms with van der Waals surface area (Å²) in [6.07, 6.45) is 1.67. The smallest absolute Gasteiger partial charge is 0.218 e. The molecular formula is C9H13NO3. The maximum atomic E-state index is 8.98. The highest BCUT2D eigenvalue weighted by Crippen LogP contribution is 2.16.